The molecule has 1 aliphatic heterocycles. The molecule has 4 nitrogen and oxygen atoms in total. The molecule has 0 bridgehead atoms. The van der Waals surface area contributed by atoms with E-state index in [2.05, 4.69) is 0 Å². The van der Waals surface area contributed by atoms with Crippen molar-refractivity contribution in [2.75, 3.05) is 11.4 Å². The molecular formula is C14H18ClNO3. The van der Waals surface area contributed by atoms with Crippen LogP contribution in [0.4, 0.5) is 10.5 Å². The third-order valence-electron chi connectivity index (χ3n) is 2.59. The van der Waals surface area contributed by atoms with E-state index in [4.69, 9.17) is 21.1 Å². The van der Waals surface area contributed by atoms with E-state index in [9.17, 15) is 4.79 Å². The van der Waals surface area contributed by atoms with Crippen LogP contribution in [0.3, 0.4) is 0 Å². The number of halogens is 1. The maximum absolute atomic E-state index is 12.2. The van der Waals surface area contributed by atoms with Gasteiger partial charge >= 0.3 is 6.09 Å². The Balaban J connectivity index is 2.32. The van der Waals surface area contributed by atoms with E-state index in [1.165, 1.54) is 0 Å². The highest BCUT2D eigenvalue weighted by Gasteiger charge is 2.31. The first kappa shape index (κ1) is 14.0. The van der Waals surface area contributed by atoms with Crippen molar-refractivity contribution < 1.29 is 14.3 Å². The average Bonchev–Trinajstić information content (AvgIpc) is 2.26. The molecule has 1 amide bonds. The first-order valence-electron chi connectivity index (χ1n) is 6.23. The molecule has 0 saturated heterocycles. The van der Waals surface area contributed by atoms with Gasteiger partial charge in [0.25, 0.3) is 0 Å². The number of hydrogen-bond donors (Lipinski definition) is 0. The number of hydrogen-bond acceptors (Lipinski definition) is 3. The lowest BCUT2D eigenvalue weighted by atomic mass is 10.2. The van der Waals surface area contributed by atoms with Crippen LogP contribution in [0, 0.1) is 0 Å². The van der Waals surface area contributed by atoms with Crippen molar-refractivity contribution in [2.45, 2.75) is 39.4 Å². The molecule has 1 heterocycles. The Morgan fingerprint density at radius 3 is 2.79 bits per heavy atom. The van der Waals surface area contributed by atoms with Crippen molar-refractivity contribution in [3.63, 3.8) is 0 Å². The van der Waals surface area contributed by atoms with Gasteiger partial charge in [0.05, 0.1) is 12.2 Å². The van der Waals surface area contributed by atoms with E-state index < -0.39 is 5.60 Å². The van der Waals surface area contributed by atoms with Crippen LogP contribution in [0.1, 0.15) is 27.7 Å². The lowest BCUT2D eigenvalue weighted by Crippen LogP contribution is -2.44. The van der Waals surface area contributed by atoms with Gasteiger partial charge in [0, 0.05) is 5.02 Å². The maximum atomic E-state index is 12.2. The van der Waals surface area contributed by atoms with E-state index >= 15 is 0 Å². The predicted octanol–water partition coefficient (Wildman–Crippen LogP) is 3.86. The van der Waals surface area contributed by atoms with Gasteiger partial charge in [-0.1, -0.05) is 11.6 Å². The van der Waals surface area contributed by atoms with Gasteiger partial charge in [0.1, 0.15) is 17.5 Å². The molecule has 0 aliphatic carbocycles. The second-order valence-electron chi connectivity index (χ2n) is 5.63. The van der Waals surface area contributed by atoms with Gasteiger partial charge in [-0.05, 0) is 45.9 Å². The topological polar surface area (TPSA) is 38.8 Å². The Morgan fingerprint density at radius 1 is 1.47 bits per heavy atom. The van der Waals surface area contributed by atoms with Crippen LogP contribution in [-0.2, 0) is 4.74 Å². The number of anilines is 1. The predicted molar refractivity (Wildman–Crippen MR) is 75.1 cm³/mol. The number of ether oxygens (including phenoxy) is 2. The first-order chi connectivity index (χ1) is 8.76. The number of benzene rings is 1. The number of carbonyl (C=O) groups excluding carboxylic acids is 1. The second-order valence-corrected chi connectivity index (χ2v) is 6.07. The molecule has 0 radical (unpaired) electrons. The molecule has 5 heteroatoms. The van der Waals surface area contributed by atoms with Gasteiger partial charge in [-0.2, -0.15) is 0 Å². The molecule has 104 valence electrons. The van der Waals surface area contributed by atoms with Crippen LogP contribution in [0.5, 0.6) is 5.75 Å². The van der Waals surface area contributed by atoms with Gasteiger partial charge in [-0.15, -0.1) is 0 Å². The van der Waals surface area contributed by atoms with Crippen LogP contribution in [0.2, 0.25) is 5.02 Å². The van der Waals surface area contributed by atoms with Crippen molar-refractivity contribution in [1.29, 1.82) is 0 Å². The van der Waals surface area contributed by atoms with Gasteiger partial charge in [0.2, 0.25) is 0 Å². The molecule has 1 aromatic carbocycles. The monoisotopic (exact) mass is 283 g/mol. The zero-order valence-corrected chi connectivity index (χ0v) is 12.3. The van der Waals surface area contributed by atoms with Gasteiger partial charge in [0.15, 0.2) is 0 Å². The molecule has 0 saturated carbocycles. The normalized spacial score (nSPS) is 18.6. The van der Waals surface area contributed by atoms with Crippen LogP contribution < -0.4 is 9.64 Å². The zero-order chi connectivity index (χ0) is 14.2. The number of fused-ring (bicyclic) bond motifs is 1. The van der Waals surface area contributed by atoms with E-state index in [1.54, 1.807) is 23.1 Å². The molecule has 0 spiro atoms. The quantitative estimate of drug-likeness (QED) is 0.726. The van der Waals surface area contributed by atoms with Crippen LogP contribution in [0.15, 0.2) is 18.2 Å². The number of amides is 1. The Morgan fingerprint density at radius 2 is 2.16 bits per heavy atom. The Bertz CT molecular complexity index is 496. The number of rotatable bonds is 0. The Kier molecular flexibility index (Phi) is 3.63. The van der Waals surface area contributed by atoms with Crippen LogP contribution >= 0.6 is 11.6 Å². The van der Waals surface area contributed by atoms with E-state index in [-0.39, 0.29) is 12.2 Å². The number of nitrogens with zero attached hydrogens (tertiary/aromatic N) is 1. The number of carbonyl (C=O) groups is 1. The summed E-state index contributed by atoms with van der Waals surface area (Å²) in [6, 6.07) is 5.23. The van der Waals surface area contributed by atoms with Gasteiger partial charge < -0.3 is 9.47 Å². The fourth-order valence-corrected chi connectivity index (χ4v) is 2.07. The summed E-state index contributed by atoms with van der Waals surface area (Å²) in [5, 5.41) is 0.561. The van der Waals surface area contributed by atoms with E-state index in [1.807, 2.05) is 27.7 Å². The summed E-state index contributed by atoms with van der Waals surface area (Å²) in [4.78, 5) is 13.8. The van der Waals surface area contributed by atoms with Crippen molar-refractivity contribution in [2.24, 2.45) is 0 Å². The smallest absolute Gasteiger partial charge is 0.415 e. The van der Waals surface area contributed by atoms with Crippen molar-refractivity contribution >= 4 is 23.4 Å². The maximum Gasteiger partial charge on any atom is 0.415 e. The third-order valence-corrected chi connectivity index (χ3v) is 2.83. The Labute approximate surface area is 118 Å². The lowest BCUT2D eigenvalue weighted by Gasteiger charge is -2.34. The molecular weight excluding hydrogens is 266 g/mol. The minimum absolute atomic E-state index is 0.0822. The summed E-state index contributed by atoms with van der Waals surface area (Å²) < 4.78 is 11.1. The summed E-state index contributed by atoms with van der Waals surface area (Å²) in [5.74, 6) is 0.647. The highest BCUT2D eigenvalue weighted by atomic mass is 35.5. The van der Waals surface area contributed by atoms with Crippen LogP contribution in [-0.4, -0.2) is 24.3 Å². The second kappa shape index (κ2) is 4.93. The van der Waals surface area contributed by atoms with Crippen molar-refractivity contribution in [3.8, 4) is 5.75 Å². The summed E-state index contributed by atoms with van der Waals surface area (Å²) in [6.45, 7) is 7.88. The van der Waals surface area contributed by atoms with E-state index in [0.29, 0.717) is 23.0 Å². The SMILES string of the molecule is CC1CN(C(=O)OC(C)(C)C)c2cc(Cl)ccc2O1. The fourth-order valence-electron chi connectivity index (χ4n) is 1.90. The standard InChI is InChI=1S/C14H18ClNO3/c1-9-8-16(13(17)19-14(2,3)4)11-7-10(15)5-6-12(11)18-9/h5-7,9H,8H2,1-4H3. The summed E-state index contributed by atoms with van der Waals surface area (Å²) in [5.41, 5.74) is 0.122. The van der Waals surface area contributed by atoms with E-state index in [0.717, 1.165) is 0 Å². The van der Waals surface area contributed by atoms with Crippen LogP contribution in [0.25, 0.3) is 0 Å². The molecule has 19 heavy (non-hydrogen) atoms. The molecule has 1 unspecified atom stereocenters. The molecule has 1 aliphatic rings. The molecule has 0 aromatic heterocycles. The third kappa shape index (κ3) is 3.32. The van der Waals surface area contributed by atoms with Gasteiger partial charge in [-0.25, -0.2) is 4.79 Å². The van der Waals surface area contributed by atoms with Gasteiger partial charge in [-0.3, -0.25) is 4.90 Å². The minimum Gasteiger partial charge on any atom is -0.487 e. The highest BCUT2D eigenvalue weighted by molar-refractivity contribution is 6.31. The molecule has 1 aromatic rings. The fraction of sp³-hybridized carbons (Fsp3) is 0.500. The first-order valence-corrected chi connectivity index (χ1v) is 6.61. The highest BCUT2D eigenvalue weighted by Crippen LogP contribution is 2.36. The minimum atomic E-state index is -0.530. The molecule has 0 fully saturated rings. The Hall–Kier alpha value is -1.42. The summed E-state index contributed by atoms with van der Waals surface area (Å²) >= 11 is 5.98. The molecule has 1 atom stereocenters. The van der Waals surface area contributed by atoms with Crippen molar-refractivity contribution in [1.82, 2.24) is 0 Å². The average molecular weight is 284 g/mol. The summed E-state index contributed by atoms with van der Waals surface area (Å²) in [7, 11) is 0. The van der Waals surface area contributed by atoms with Crippen molar-refractivity contribution in [3.05, 3.63) is 23.2 Å². The largest absolute Gasteiger partial charge is 0.487 e. The summed E-state index contributed by atoms with van der Waals surface area (Å²) in [6.07, 6.45) is -0.465. The zero-order valence-electron chi connectivity index (χ0n) is 11.6. The lowest BCUT2D eigenvalue weighted by molar-refractivity contribution is 0.0552. The molecule has 2 rings (SSSR count). The molecule has 0 N–H and O–H groups in total.